The minimum Gasteiger partial charge on any atom is -0.493 e. The molecule has 2 aromatic carbocycles. The van der Waals surface area contributed by atoms with Gasteiger partial charge in [0.05, 0.1) is 25.9 Å². The summed E-state index contributed by atoms with van der Waals surface area (Å²) in [7, 11) is 1.59. The third kappa shape index (κ3) is 8.16. The van der Waals surface area contributed by atoms with Crippen molar-refractivity contribution in [1.82, 2.24) is 0 Å². The van der Waals surface area contributed by atoms with Gasteiger partial charge in [0.2, 0.25) is 5.91 Å². The van der Waals surface area contributed by atoms with Gasteiger partial charge in [-0.05, 0) is 54.8 Å². The molecule has 0 atom stereocenters. The molecule has 6 nitrogen and oxygen atoms in total. The van der Waals surface area contributed by atoms with E-state index in [1.54, 1.807) is 37.5 Å². The van der Waals surface area contributed by atoms with Crippen LogP contribution in [-0.4, -0.2) is 32.2 Å². The van der Waals surface area contributed by atoms with Crippen LogP contribution in [0.5, 0.6) is 11.5 Å². The number of methoxy groups -OCH3 is 1. The third-order valence-electron chi connectivity index (χ3n) is 4.42. The normalized spacial score (nSPS) is 10.7. The SMILES string of the molecule is CCCCCOc1ccc(/C=C/C(=O)Nc2cccc(C(=O)OCCC)c2)cc1OC. The molecule has 31 heavy (non-hydrogen) atoms. The van der Waals surface area contributed by atoms with Gasteiger partial charge < -0.3 is 19.5 Å². The number of ether oxygens (including phenoxy) is 3. The van der Waals surface area contributed by atoms with Crippen LogP contribution in [-0.2, 0) is 9.53 Å². The van der Waals surface area contributed by atoms with Gasteiger partial charge in [0.1, 0.15) is 0 Å². The molecule has 0 saturated heterocycles. The first-order valence-electron chi connectivity index (χ1n) is 10.6. The Morgan fingerprint density at radius 1 is 0.968 bits per heavy atom. The van der Waals surface area contributed by atoms with E-state index in [1.807, 2.05) is 25.1 Å². The first-order chi connectivity index (χ1) is 15.1. The van der Waals surface area contributed by atoms with Crippen molar-refractivity contribution in [2.75, 3.05) is 25.6 Å². The lowest BCUT2D eigenvalue weighted by molar-refractivity contribution is -0.111. The number of hydrogen-bond acceptors (Lipinski definition) is 5. The summed E-state index contributed by atoms with van der Waals surface area (Å²) in [6.45, 7) is 5.09. The molecule has 0 aliphatic heterocycles. The van der Waals surface area contributed by atoms with Crippen LogP contribution in [0.25, 0.3) is 6.08 Å². The lowest BCUT2D eigenvalue weighted by atomic mass is 10.1. The van der Waals surface area contributed by atoms with E-state index < -0.39 is 5.97 Å². The highest BCUT2D eigenvalue weighted by molar-refractivity contribution is 6.02. The second kappa shape index (κ2) is 13.1. The van der Waals surface area contributed by atoms with Gasteiger partial charge in [0.15, 0.2) is 11.5 Å². The van der Waals surface area contributed by atoms with Gasteiger partial charge in [-0.25, -0.2) is 4.79 Å². The van der Waals surface area contributed by atoms with Crippen molar-refractivity contribution >= 4 is 23.6 Å². The Morgan fingerprint density at radius 3 is 2.55 bits per heavy atom. The molecule has 0 bridgehead atoms. The van der Waals surface area contributed by atoms with Crippen LogP contribution in [0, 0.1) is 0 Å². The summed E-state index contributed by atoms with van der Waals surface area (Å²) in [4.78, 5) is 24.3. The highest BCUT2D eigenvalue weighted by Crippen LogP contribution is 2.28. The molecule has 0 aromatic heterocycles. The molecule has 6 heteroatoms. The summed E-state index contributed by atoms with van der Waals surface area (Å²) >= 11 is 0. The van der Waals surface area contributed by atoms with Crippen LogP contribution in [0.15, 0.2) is 48.5 Å². The van der Waals surface area contributed by atoms with Crippen LogP contribution in [0.2, 0.25) is 0 Å². The fourth-order valence-corrected chi connectivity index (χ4v) is 2.80. The number of carbonyl (C=O) groups is 2. The second-order valence-corrected chi connectivity index (χ2v) is 7.01. The molecule has 2 aromatic rings. The van der Waals surface area contributed by atoms with E-state index >= 15 is 0 Å². The van der Waals surface area contributed by atoms with Crippen LogP contribution < -0.4 is 14.8 Å². The van der Waals surface area contributed by atoms with Crippen molar-refractivity contribution in [3.63, 3.8) is 0 Å². The maximum atomic E-state index is 12.3. The van der Waals surface area contributed by atoms with Crippen LogP contribution in [0.1, 0.15) is 55.5 Å². The lowest BCUT2D eigenvalue weighted by Crippen LogP contribution is -2.10. The van der Waals surface area contributed by atoms with Crippen LogP contribution in [0.3, 0.4) is 0 Å². The Balaban J connectivity index is 1.97. The minimum atomic E-state index is -0.405. The predicted octanol–water partition coefficient (Wildman–Crippen LogP) is 5.48. The smallest absolute Gasteiger partial charge is 0.338 e. The molecule has 0 aliphatic carbocycles. The third-order valence-corrected chi connectivity index (χ3v) is 4.42. The monoisotopic (exact) mass is 425 g/mol. The van der Waals surface area contributed by atoms with Crippen LogP contribution >= 0.6 is 0 Å². The zero-order chi connectivity index (χ0) is 22.5. The van der Waals surface area contributed by atoms with Crippen molar-refractivity contribution in [2.24, 2.45) is 0 Å². The van der Waals surface area contributed by atoms with E-state index in [0.717, 1.165) is 31.2 Å². The van der Waals surface area contributed by atoms with Gasteiger partial charge in [0, 0.05) is 11.8 Å². The zero-order valence-corrected chi connectivity index (χ0v) is 18.5. The first-order valence-corrected chi connectivity index (χ1v) is 10.6. The summed E-state index contributed by atoms with van der Waals surface area (Å²) in [6, 6.07) is 12.2. The van der Waals surface area contributed by atoms with Gasteiger partial charge >= 0.3 is 5.97 Å². The zero-order valence-electron chi connectivity index (χ0n) is 18.5. The molecule has 0 heterocycles. The molecule has 0 unspecified atom stereocenters. The highest BCUT2D eigenvalue weighted by Gasteiger charge is 2.08. The summed E-state index contributed by atoms with van der Waals surface area (Å²) in [6.07, 6.45) is 7.14. The molecule has 166 valence electrons. The number of hydrogen-bond donors (Lipinski definition) is 1. The largest absolute Gasteiger partial charge is 0.493 e. The average molecular weight is 426 g/mol. The molecule has 1 N–H and O–H groups in total. The van der Waals surface area contributed by atoms with E-state index in [2.05, 4.69) is 12.2 Å². The number of carbonyl (C=O) groups excluding carboxylic acids is 2. The van der Waals surface area contributed by atoms with Crippen molar-refractivity contribution in [2.45, 2.75) is 39.5 Å². The van der Waals surface area contributed by atoms with E-state index in [0.29, 0.717) is 36.0 Å². The number of amides is 1. The van der Waals surface area contributed by atoms with E-state index in [4.69, 9.17) is 14.2 Å². The van der Waals surface area contributed by atoms with Crippen molar-refractivity contribution < 1.29 is 23.8 Å². The predicted molar refractivity (Wildman–Crippen MR) is 123 cm³/mol. The molecule has 0 radical (unpaired) electrons. The summed E-state index contributed by atoms with van der Waals surface area (Å²) in [5.41, 5.74) is 1.73. The summed E-state index contributed by atoms with van der Waals surface area (Å²) < 4.78 is 16.3. The Morgan fingerprint density at radius 2 is 1.81 bits per heavy atom. The summed E-state index contributed by atoms with van der Waals surface area (Å²) in [5, 5.41) is 2.75. The summed E-state index contributed by atoms with van der Waals surface area (Å²) in [5.74, 6) is 0.597. The van der Waals surface area contributed by atoms with E-state index in [-0.39, 0.29) is 5.91 Å². The van der Waals surface area contributed by atoms with Crippen molar-refractivity contribution in [3.05, 3.63) is 59.7 Å². The Kier molecular flexibility index (Phi) is 10.1. The number of nitrogens with one attached hydrogen (secondary N) is 1. The number of esters is 1. The maximum Gasteiger partial charge on any atom is 0.338 e. The molecular weight excluding hydrogens is 394 g/mol. The van der Waals surface area contributed by atoms with E-state index in [1.165, 1.54) is 6.08 Å². The van der Waals surface area contributed by atoms with Gasteiger partial charge in [-0.2, -0.15) is 0 Å². The first kappa shape index (κ1) is 24.0. The minimum absolute atomic E-state index is 0.307. The van der Waals surface area contributed by atoms with Crippen molar-refractivity contribution in [3.8, 4) is 11.5 Å². The fraction of sp³-hybridized carbons (Fsp3) is 0.360. The Hall–Kier alpha value is -3.28. The molecule has 0 aliphatic rings. The van der Waals surface area contributed by atoms with Gasteiger partial charge in [-0.3, -0.25) is 4.79 Å². The quantitative estimate of drug-likeness (QED) is 0.277. The molecular formula is C25H31NO5. The van der Waals surface area contributed by atoms with Gasteiger partial charge in [-0.15, -0.1) is 0 Å². The molecule has 0 spiro atoms. The molecule has 2 rings (SSSR count). The van der Waals surface area contributed by atoms with Crippen molar-refractivity contribution in [1.29, 1.82) is 0 Å². The van der Waals surface area contributed by atoms with Gasteiger partial charge in [-0.1, -0.05) is 38.8 Å². The Labute approximate surface area is 184 Å². The number of benzene rings is 2. The second-order valence-electron chi connectivity index (χ2n) is 7.01. The lowest BCUT2D eigenvalue weighted by Gasteiger charge is -2.11. The molecule has 0 saturated carbocycles. The fourth-order valence-electron chi connectivity index (χ4n) is 2.80. The van der Waals surface area contributed by atoms with Crippen LogP contribution in [0.4, 0.5) is 5.69 Å². The standard InChI is InChI=1S/C25H31NO5/c1-4-6-7-16-30-22-13-11-19(17-23(22)29-3)12-14-24(27)26-21-10-8-9-20(18-21)25(28)31-15-5-2/h8-14,17-18H,4-7,15-16H2,1-3H3,(H,26,27)/b14-12+. The topological polar surface area (TPSA) is 73.9 Å². The number of rotatable bonds is 12. The number of anilines is 1. The highest BCUT2D eigenvalue weighted by atomic mass is 16.5. The molecule has 0 fully saturated rings. The Bertz CT molecular complexity index is 891. The average Bonchev–Trinajstić information content (AvgIpc) is 2.79. The van der Waals surface area contributed by atoms with Gasteiger partial charge in [0.25, 0.3) is 0 Å². The molecule has 1 amide bonds. The van der Waals surface area contributed by atoms with E-state index in [9.17, 15) is 9.59 Å². The maximum absolute atomic E-state index is 12.3. The number of unbranched alkanes of at least 4 members (excludes halogenated alkanes) is 2.